The van der Waals surface area contributed by atoms with Gasteiger partial charge in [0.25, 0.3) is 5.91 Å². The number of nitrogens with one attached hydrogen (secondary N) is 2. The lowest BCUT2D eigenvalue weighted by molar-refractivity contribution is 0.102. The van der Waals surface area contributed by atoms with Crippen molar-refractivity contribution in [2.75, 3.05) is 19.5 Å². The van der Waals surface area contributed by atoms with Gasteiger partial charge in [-0.15, -0.1) is 0 Å². The summed E-state index contributed by atoms with van der Waals surface area (Å²) in [4.78, 5) is 12.6. The van der Waals surface area contributed by atoms with Crippen molar-refractivity contribution in [3.8, 4) is 11.5 Å². The van der Waals surface area contributed by atoms with Crippen LogP contribution in [0.5, 0.6) is 11.5 Å². The van der Waals surface area contributed by atoms with E-state index in [0.717, 1.165) is 12.8 Å². The van der Waals surface area contributed by atoms with E-state index < -0.39 is 15.9 Å². The summed E-state index contributed by atoms with van der Waals surface area (Å²) in [6.07, 6.45) is 1.71. The van der Waals surface area contributed by atoms with Gasteiger partial charge in [-0.1, -0.05) is 11.6 Å². The zero-order valence-corrected chi connectivity index (χ0v) is 16.4. The number of anilines is 1. The predicted octanol–water partition coefficient (Wildman–Crippen LogP) is 3.05. The van der Waals surface area contributed by atoms with Crippen LogP contribution >= 0.6 is 11.6 Å². The number of carbonyl (C=O) groups excluding carboxylic acids is 1. The number of halogens is 1. The Morgan fingerprint density at radius 1 is 1.07 bits per heavy atom. The summed E-state index contributed by atoms with van der Waals surface area (Å²) in [5.41, 5.74) is 0.651. The molecule has 0 aliphatic heterocycles. The monoisotopic (exact) mass is 410 g/mol. The predicted molar refractivity (Wildman–Crippen MR) is 102 cm³/mol. The number of carbonyl (C=O) groups is 1. The van der Waals surface area contributed by atoms with E-state index in [1.165, 1.54) is 44.6 Å². The zero-order valence-electron chi connectivity index (χ0n) is 14.8. The molecule has 2 aromatic carbocycles. The molecule has 1 saturated carbocycles. The van der Waals surface area contributed by atoms with E-state index in [1.54, 1.807) is 6.07 Å². The maximum Gasteiger partial charge on any atom is 0.255 e. The molecule has 0 aromatic heterocycles. The second kappa shape index (κ2) is 7.75. The molecule has 0 heterocycles. The Labute approximate surface area is 162 Å². The minimum absolute atomic E-state index is 0.0187. The standard InChI is InChI=1S/C18H19ClN2O5S/c1-25-16-9-14(19)15(10-17(16)26-2)20-18(22)11-3-7-13(8-4-11)27(23,24)21-12-5-6-12/h3-4,7-10,12,21H,5-6H2,1-2H3,(H,20,22). The lowest BCUT2D eigenvalue weighted by Crippen LogP contribution is -2.25. The maximum atomic E-state index is 12.5. The average Bonchev–Trinajstić information content (AvgIpc) is 3.46. The highest BCUT2D eigenvalue weighted by Gasteiger charge is 2.28. The fraction of sp³-hybridized carbons (Fsp3) is 0.278. The van der Waals surface area contributed by atoms with Crippen molar-refractivity contribution in [3.05, 3.63) is 47.0 Å². The lowest BCUT2D eigenvalue weighted by atomic mass is 10.2. The van der Waals surface area contributed by atoms with Gasteiger partial charge in [0, 0.05) is 23.7 Å². The summed E-state index contributed by atoms with van der Waals surface area (Å²) in [6.45, 7) is 0. The summed E-state index contributed by atoms with van der Waals surface area (Å²) >= 11 is 6.17. The van der Waals surface area contributed by atoms with Crippen LogP contribution in [0.15, 0.2) is 41.3 Å². The number of methoxy groups -OCH3 is 2. The van der Waals surface area contributed by atoms with E-state index in [1.807, 2.05) is 0 Å². The molecular weight excluding hydrogens is 392 g/mol. The number of hydrogen-bond donors (Lipinski definition) is 2. The number of benzene rings is 2. The lowest BCUT2D eigenvalue weighted by Gasteiger charge is -2.13. The summed E-state index contributed by atoms with van der Waals surface area (Å²) < 4.78 is 37.3. The Morgan fingerprint density at radius 2 is 1.67 bits per heavy atom. The molecule has 0 bridgehead atoms. The Morgan fingerprint density at radius 3 is 2.22 bits per heavy atom. The van der Waals surface area contributed by atoms with Gasteiger partial charge in [0.15, 0.2) is 11.5 Å². The van der Waals surface area contributed by atoms with Gasteiger partial charge in [-0.2, -0.15) is 0 Å². The van der Waals surface area contributed by atoms with Crippen LogP contribution in [0.1, 0.15) is 23.2 Å². The normalized spacial score (nSPS) is 13.9. The third-order valence-electron chi connectivity index (χ3n) is 4.05. The van der Waals surface area contributed by atoms with Crippen LogP contribution in [0, 0.1) is 0 Å². The molecule has 0 radical (unpaired) electrons. The van der Waals surface area contributed by atoms with Crippen LogP contribution in [-0.2, 0) is 10.0 Å². The maximum absolute atomic E-state index is 12.5. The number of sulfonamides is 1. The van der Waals surface area contributed by atoms with E-state index in [4.69, 9.17) is 21.1 Å². The molecule has 144 valence electrons. The first-order valence-corrected chi connectivity index (χ1v) is 10.1. The molecule has 2 aromatic rings. The van der Waals surface area contributed by atoms with Crippen LogP contribution in [0.25, 0.3) is 0 Å². The van der Waals surface area contributed by atoms with Crippen molar-refractivity contribution in [2.45, 2.75) is 23.8 Å². The highest BCUT2D eigenvalue weighted by atomic mass is 35.5. The number of rotatable bonds is 7. The second-order valence-electron chi connectivity index (χ2n) is 6.06. The van der Waals surface area contributed by atoms with E-state index in [0.29, 0.717) is 22.7 Å². The summed E-state index contributed by atoms with van der Waals surface area (Å²) in [5.74, 6) is 0.436. The molecule has 0 unspecified atom stereocenters. The first-order valence-electron chi connectivity index (χ1n) is 8.19. The Balaban J connectivity index is 1.76. The molecule has 1 aliphatic rings. The summed E-state index contributed by atoms with van der Waals surface area (Å²) in [7, 11) is -0.590. The van der Waals surface area contributed by atoms with E-state index in [9.17, 15) is 13.2 Å². The average molecular weight is 411 g/mol. The SMILES string of the molecule is COc1cc(Cl)c(NC(=O)c2ccc(S(=O)(=O)NC3CC3)cc2)cc1OC. The Hall–Kier alpha value is -2.29. The molecule has 3 rings (SSSR count). The molecule has 1 fully saturated rings. The van der Waals surface area contributed by atoms with Crippen LogP contribution in [0.2, 0.25) is 5.02 Å². The van der Waals surface area contributed by atoms with Crippen molar-refractivity contribution < 1.29 is 22.7 Å². The van der Waals surface area contributed by atoms with Crippen LogP contribution < -0.4 is 19.5 Å². The van der Waals surface area contributed by atoms with Gasteiger partial charge >= 0.3 is 0 Å². The molecule has 9 heteroatoms. The largest absolute Gasteiger partial charge is 0.493 e. The van der Waals surface area contributed by atoms with Crippen molar-refractivity contribution >= 4 is 33.2 Å². The van der Waals surface area contributed by atoms with Gasteiger partial charge in [0.1, 0.15) is 0 Å². The van der Waals surface area contributed by atoms with E-state index in [-0.39, 0.29) is 16.0 Å². The quantitative estimate of drug-likeness (QED) is 0.731. The van der Waals surface area contributed by atoms with Crippen molar-refractivity contribution in [1.29, 1.82) is 0 Å². The third-order valence-corrected chi connectivity index (χ3v) is 5.90. The first-order chi connectivity index (χ1) is 12.8. The molecule has 27 heavy (non-hydrogen) atoms. The first kappa shape index (κ1) is 19.5. The summed E-state index contributed by atoms with van der Waals surface area (Å²) in [5, 5.41) is 2.97. The van der Waals surface area contributed by atoms with Gasteiger partial charge < -0.3 is 14.8 Å². The van der Waals surface area contributed by atoms with E-state index in [2.05, 4.69) is 10.0 Å². The summed E-state index contributed by atoms with van der Waals surface area (Å²) in [6, 6.07) is 8.81. The molecule has 2 N–H and O–H groups in total. The van der Waals surface area contributed by atoms with Gasteiger partial charge in [-0.05, 0) is 37.1 Å². The van der Waals surface area contributed by atoms with Crippen molar-refractivity contribution in [3.63, 3.8) is 0 Å². The second-order valence-corrected chi connectivity index (χ2v) is 8.18. The smallest absolute Gasteiger partial charge is 0.255 e. The zero-order chi connectivity index (χ0) is 19.6. The molecule has 0 atom stereocenters. The molecular formula is C18H19ClN2O5S. The minimum Gasteiger partial charge on any atom is -0.493 e. The van der Waals surface area contributed by atoms with E-state index >= 15 is 0 Å². The van der Waals surface area contributed by atoms with Crippen LogP contribution in [0.4, 0.5) is 5.69 Å². The van der Waals surface area contributed by atoms with Gasteiger partial charge in [-0.3, -0.25) is 4.79 Å². The fourth-order valence-electron chi connectivity index (χ4n) is 2.42. The molecule has 0 saturated heterocycles. The number of hydrogen-bond acceptors (Lipinski definition) is 5. The number of amides is 1. The topological polar surface area (TPSA) is 93.7 Å². The highest BCUT2D eigenvalue weighted by molar-refractivity contribution is 7.89. The molecule has 7 nitrogen and oxygen atoms in total. The van der Waals surface area contributed by atoms with Crippen molar-refractivity contribution in [2.24, 2.45) is 0 Å². The van der Waals surface area contributed by atoms with Gasteiger partial charge in [-0.25, -0.2) is 13.1 Å². The van der Waals surface area contributed by atoms with Crippen LogP contribution in [0.3, 0.4) is 0 Å². The van der Waals surface area contributed by atoms with Gasteiger partial charge in [0.05, 0.1) is 29.8 Å². The van der Waals surface area contributed by atoms with Crippen molar-refractivity contribution in [1.82, 2.24) is 4.72 Å². The molecule has 1 aliphatic carbocycles. The third kappa shape index (κ3) is 4.52. The minimum atomic E-state index is -3.56. The van der Waals surface area contributed by atoms with Crippen LogP contribution in [-0.4, -0.2) is 34.6 Å². The molecule has 1 amide bonds. The molecule has 0 spiro atoms. The van der Waals surface area contributed by atoms with Gasteiger partial charge in [0.2, 0.25) is 10.0 Å². The Bertz CT molecular complexity index is 956. The highest BCUT2D eigenvalue weighted by Crippen LogP contribution is 2.36. The Kier molecular flexibility index (Phi) is 5.59. The number of ether oxygens (including phenoxy) is 2. The fourth-order valence-corrected chi connectivity index (χ4v) is 3.92.